The van der Waals surface area contributed by atoms with Crippen molar-refractivity contribution in [1.29, 1.82) is 0 Å². The lowest BCUT2D eigenvalue weighted by Gasteiger charge is -2.38. The Morgan fingerprint density at radius 1 is 0.889 bits per heavy atom. The Labute approximate surface area is 215 Å². The van der Waals surface area contributed by atoms with E-state index in [1.807, 2.05) is 91.0 Å². The molecule has 0 spiro atoms. The van der Waals surface area contributed by atoms with E-state index in [2.05, 4.69) is 17.1 Å². The fourth-order valence-corrected chi connectivity index (χ4v) is 6.39. The molecule has 6 nitrogen and oxygen atoms in total. The van der Waals surface area contributed by atoms with Gasteiger partial charge in [-0.3, -0.25) is 14.0 Å². The summed E-state index contributed by atoms with van der Waals surface area (Å²) in [5.74, 6) is 0.0142. The topological polar surface area (TPSA) is 69.7 Å². The Morgan fingerprint density at radius 3 is 2.00 bits per heavy atom. The fourth-order valence-electron chi connectivity index (χ4n) is 4.74. The largest absolute Gasteiger partial charge is 0.353 e. The second-order valence-corrected chi connectivity index (χ2v) is 11.4. The SMILES string of the molecule is C[C@H](CN(c1ccccc1)S(=O)(=O)Cc1ccccc1)N1CCC(NC(=O)Cc2ccccc2)CC1. The molecule has 1 aliphatic heterocycles. The number of hydrogen-bond acceptors (Lipinski definition) is 4. The van der Waals surface area contributed by atoms with Crippen molar-refractivity contribution in [2.75, 3.05) is 23.9 Å². The zero-order valence-electron chi connectivity index (χ0n) is 20.8. The summed E-state index contributed by atoms with van der Waals surface area (Å²) in [5.41, 5.74) is 2.47. The monoisotopic (exact) mass is 505 g/mol. The third kappa shape index (κ3) is 7.18. The first-order valence-corrected chi connectivity index (χ1v) is 14.2. The minimum atomic E-state index is -3.57. The molecule has 3 aromatic rings. The van der Waals surface area contributed by atoms with Crippen LogP contribution in [0.5, 0.6) is 0 Å². The van der Waals surface area contributed by atoms with Gasteiger partial charge in [0.15, 0.2) is 0 Å². The van der Waals surface area contributed by atoms with Gasteiger partial charge in [0.2, 0.25) is 15.9 Å². The van der Waals surface area contributed by atoms with Crippen molar-refractivity contribution >= 4 is 21.6 Å². The smallest absolute Gasteiger partial charge is 0.239 e. The van der Waals surface area contributed by atoms with Crippen LogP contribution in [0.1, 0.15) is 30.9 Å². The molecule has 0 aliphatic carbocycles. The Morgan fingerprint density at radius 2 is 1.42 bits per heavy atom. The summed E-state index contributed by atoms with van der Waals surface area (Å²) in [7, 11) is -3.57. The number of para-hydroxylation sites is 1. The minimum absolute atomic E-state index is 0.0367. The number of hydrogen-bond donors (Lipinski definition) is 1. The molecule has 1 saturated heterocycles. The number of likely N-dealkylation sites (tertiary alicyclic amines) is 1. The summed E-state index contributed by atoms with van der Waals surface area (Å²) < 4.78 is 28.6. The number of amides is 1. The predicted molar refractivity (Wildman–Crippen MR) is 145 cm³/mol. The Bertz CT molecular complexity index is 1200. The highest BCUT2D eigenvalue weighted by atomic mass is 32.2. The van der Waals surface area contributed by atoms with E-state index in [-0.39, 0.29) is 23.7 Å². The molecule has 4 rings (SSSR count). The number of rotatable bonds is 10. The number of carbonyl (C=O) groups is 1. The lowest BCUT2D eigenvalue weighted by molar-refractivity contribution is -0.121. The zero-order valence-corrected chi connectivity index (χ0v) is 21.6. The van der Waals surface area contributed by atoms with Crippen LogP contribution in [-0.2, 0) is 27.0 Å². The first-order valence-electron chi connectivity index (χ1n) is 12.6. The molecule has 0 radical (unpaired) electrons. The number of anilines is 1. The van der Waals surface area contributed by atoms with Gasteiger partial charge in [-0.2, -0.15) is 0 Å². The van der Waals surface area contributed by atoms with E-state index in [0.717, 1.165) is 37.1 Å². The van der Waals surface area contributed by atoms with Gasteiger partial charge in [0.05, 0.1) is 17.9 Å². The van der Waals surface area contributed by atoms with Crippen LogP contribution in [0.4, 0.5) is 5.69 Å². The van der Waals surface area contributed by atoms with E-state index in [1.54, 1.807) is 4.31 Å². The summed E-state index contributed by atoms with van der Waals surface area (Å²) in [6.45, 7) is 4.10. The molecular weight excluding hydrogens is 470 g/mol. The van der Waals surface area contributed by atoms with Crippen LogP contribution in [0, 0.1) is 0 Å². The van der Waals surface area contributed by atoms with Crippen LogP contribution < -0.4 is 9.62 Å². The summed E-state index contributed by atoms with van der Waals surface area (Å²) in [4.78, 5) is 14.8. The number of sulfonamides is 1. The fraction of sp³-hybridized carbons (Fsp3) is 0.345. The minimum Gasteiger partial charge on any atom is -0.353 e. The van der Waals surface area contributed by atoms with Gasteiger partial charge in [-0.05, 0) is 43.0 Å². The quantitative estimate of drug-likeness (QED) is 0.448. The number of nitrogens with zero attached hydrogens (tertiary/aromatic N) is 2. The standard InChI is InChI=1S/C29H35N3O3S/c1-24(31-19-17-27(18-20-31)30-29(33)21-25-11-5-2-6-12-25)22-32(28-15-9-4-10-16-28)36(34,35)23-26-13-7-3-8-14-26/h2-16,24,27H,17-23H2,1H3,(H,30,33)/t24-/m1/s1. The third-order valence-electron chi connectivity index (χ3n) is 6.73. The van der Waals surface area contributed by atoms with E-state index in [1.165, 1.54) is 0 Å². The van der Waals surface area contributed by atoms with Crippen molar-refractivity contribution in [3.63, 3.8) is 0 Å². The van der Waals surface area contributed by atoms with Crippen LogP contribution in [0.2, 0.25) is 0 Å². The molecule has 190 valence electrons. The lowest BCUT2D eigenvalue weighted by Crippen LogP contribution is -2.51. The molecule has 0 bridgehead atoms. The maximum absolute atomic E-state index is 13.5. The molecule has 1 amide bonds. The van der Waals surface area contributed by atoms with Crippen molar-refractivity contribution in [1.82, 2.24) is 10.2 Å². The summed E-state index contributed by atoms with van der Waals surface area (Å²) in [5, 5.41) is 3.17. The van der Waals surface area contributed by atoms with Crippen molar-refractivity contribution in [3.8, 4) is 0 Å². The Balaban J connectivity index is 1.36. The summed E-state index contributed by atoms with van der Waals surface area (Å²) >= 11 is 0. The molecule has 1 aliphatic rings. The molecule has 0 aromatic heterocycles. The molecule has 1 N–H and O–H groups in total. The molecule has 0 saturated carbocycles. The maximum Gasteiger partial charge on any atom is 0.239 e. The van der Waals surface area contributed by atoms with Crippen LogP contribution in [0.3, 0.4) is 0 Å². The summed E-state index contributed by atoms with van der Waals surface area (Å²) in [6.07, 6.45) is 2.10. The molecule has 1 fully saturated rings. The number of benzene rings is 3. The second-order valence-electron chi connectivity index (χ2n) is 9.50. The maximum atomic E-state index is 13.5. The van der Waals surface area contributed by atoms with Gasteiger partial charge in [-0.15, -0.1) is 0 Å². The first-order chi connectivity index (χ1) is 17.4. The van der Waals surface area contributed by atoms with Crippen molar-refractivity contribution in [3.05, 3.63) is 102 Å². The van der Waals surface area contributed by atoms with E-state index in [4.69, 9.17) is 0 Å². The van der Waals surface area contributed by atoms with Crippen molar-refractivity contribution < 1.29 is 13.2 Å². The lowest BCUT2D eigenvalue weighted by atomic mass is 10.0. The van der Waals surface area contributed by atoms with Crippen molar-refractivity contribution in [2.45, 2.75) is 44.0 Å². The van der Waals surface area contributed by atoms with Gasteiger partial charge in [0.1, 0.15) is 0 Å². The van der Waals surface area contributed by atoms with Gasteiger partial charge in [0.25, 0.3) is 0 Å². The van der Waals surface area contributed by atoms with Crippen LogP contribution in [0.25, 0.3) is 0 Å². The third-order valence-corrected chi connectivity index (χ3v) is 8.46. The van der Waals surface area contributed by atoms with Gasteiger partial charge in [-0.1, -0.05) is 78.9 Å². The zero-order chi connectivity index (χ0) is 25.4. The molecule has 7 heteroatoms. The Kier molecular flexibility index (Phi) is 8.78. The van der Waals surface area contributed by atoms with E-state index >= 15 is 0 Å². The Hall–Kier alpha value is -3.16. The van der Waals surface area contributed by atoms with Crippen LogP contribution in [-0.4, -0.2) is 50.9 Å². The first kappa shape index (κ1) is 25.9. The molecule has 36 heavy (non-hydrogen) atoms. The van der Waals surface area contributed by atoms with Gasteiger partial charge in [0, 0.05) is 31.7 Å². The average Bonchev–Trinajstić information content (AvgIpc) is 2.89. The summed E-state index contributed by atoms with van der Waals surface area (Å²) in [6, 6.07) is 28.6. The second kappa shape index (κ2) is 12.2. The highest BCUT2D eigenvalue weighted by molar-refractivity contribution is 7.92. The number of piperidine rings is 1. The molecule has 0 unspecified atom stereocenters. The van der Waals surface area contributed by atoms with Crippen molar-refractivity contribution in [2.24, 2.45) is 0 Å². The molecule has 1 atom stereocenters. The average molecular weight is 506 g/mol. The number of nitrogens with one attached hydrogen (secondary N) is 1. The molecule has 3 aromatic carbocycles. The van der Waals surface area contributed by atoms with Gasteiger partial charge in [-0.25, -0.2) is 8.42 Å². The van der Waals surface area contributed by atoms with E-state index < -0.39 is 10.0 Å². The molecule has 1 heterocycles. The van der Waals surface area contributed by atoms with E-state index in [9.17, 15) is 13.2 Å². The van der Waals surface area contributed by atoms with E-state index in [0.29, 0.717) is 18.7 Å². The normalized spacial score (nSPS) is 15.8. The highest BCUT2D eigenvalue weighted by Crippen LogP contribution is 2.23. The van der Waals surface area contributed by atoms with Gasteiger partial charge >= 0.3 is 0 Å². The number of carbonyl (C=O) groups excluding carboxylic acids is 1. The van der Waals surface area contributed by atoms with Gasteiger partial charge < -0.3 is 5.32 Å². The predicted octanol–water partition coefficient (Wildman–Crippen LogP) is 4.23. The molecular formula is C29H35N3O3S. The van der Waals surface area contributed by atoms with Crippen LogP contribution >= 0.6 is 0 Å². The van der Waals surface area contributed by atoms with Crippen LogP contribution in [0.15, 0.2) is 91.0 Å². The highest BCUT2D eigenvalue weighted by Gasteiger charge is 2.29.